The van der Waals surface area contributed by atoms with Crippen molar-refractivity contribution in [1.29, 1.82) is 0 Å². The molecule has 0 aliphatic carbocycles. The molecule has 1 atom stereocenters. The SMILES string of the molecule is Oc1c(C(Cc2ccc(F)cn2)c2cc(C(F)(F)F)ccc2Cl)ccc2cccnc12. The van der Waals surface area contributed by atoms with Gasteiger partial charge in [0.2, 0.25) is 0 Å². The normalized spacial score (nSPS) is 12.8. The number of rotatable bonds is 4. The van der Waals surface area contributed by atoms with E-state index < -0.39 is 23.5 Å². The van der Waals surface area contributed by atoms with E-state index in [1.165, 1.54) is 24.4 Å². The number of benzene rings is 2. The number of aromatic nitrogens is 2. The fourth-order valence-electron chi connectivity index (χ4n) is 3.54. The molecule has 1 unspecified atom stereocenters. The number of nitrogens with zero attached hydrogens (tertiary/aromatic N) is 2. The lowest BCUT2D eigenvalue weighted by Gasteiger charge is -2.22. The molecule has 0 saturated heterocycles. The smallest absolute Gasteiger partial charge is 0.416 e. The Morgan fingerprint density at radius 3 is 2.48 bits per heavy atom. The van der Waals surface area contributed by atoms with Gasteiger partial charge in [-0.05, 0) is 42.0 Å². The van der Waals surface area contributed by atoms with Crippen molar-refractivity contribution in [3.63, 3.8) is 0 Å². The number of fused-ring (bicyclic) bond motifs is 1. The third-order valence-electron chi connectivity index (χ3n) is 5.06. The second-order valence-electron chi connectivity index (χ2n) is 7.04. The number of hydrogen-bond acceptors (Lipinski definition) is 3. The van der Waals surface area contributed by atoms with Crippen molar-refractivity contribution < 1.29 is 22.7 Å². The Morgan fingerprint density at radius 1 is 0.968 bits per heavy atom. The predicted octanol–water partition coefficient (Wildman–Crippen LogP) is 6.52. The number of phenolic OH excluding ortho intramolecular Hbond substituents is 1. The van der Waals surface area contributed by atoms with Gasteiger partial charge in [0.05, 0.1) is 11.8 Å². The van der Waals surface area contributed by atoms with E-state index in [4.69, 9.17) is 11.6 Å². The highest BCUT2D eigenvalue weighted by Crippen LogP contribution is 2.42. The van der Waals surface area contributed by atoms with Crippen LogP contribution in [0, 0.1) is 5.82 Å². The van der Waals surface area contributed by atoms with Crippen molar-refractivity contribution in [1.82, 2.24) is 9.97 Å². The maximum atomic E-state index is 13.4. The molecule has 31 heavy (non-hydrogen) atoms. The van der Waals surface area contributed by atoms with Gasteiger partial charge in [-0.25, -0.2) is 4.39 Å². The minimum Gasteiger partial charge on any atom is -0.505 e. The van der Waals surface area contributed by atoms with Gasteiger partial charge in [-0.2, -0.15) is 13.2 Å². The van der Waals surface area contributed by atoms with Crippen molar-refractivity contribution in [3.8, 4) is 5.75 Å². The number of phenols is 1. The molecule has 2 heterocycles. The standard InChI is InChI=1S/C23H15ClF4N2O/c24-20-8-4-14(23(26,27)28)10-19(20)18(11-16-6-5-15(25)12-30-16)17-7-3-13-2-1-9-29-21(13)22(17)31/h1-10,12,18,31H,11H2. The molecular weight excluding hydrogens is 432 g/mol. The molecule has 2 aromatic heterocycles. The Balaban J connectivity index is 1.91. The van der Waals surface area contributed by atoms with Crippen molar-refractivity contribution in [2.75, 3.05) is 0 Å². The summed E-state index contributed by atoms with van der Waals surface area (Å²) in [5, 5.41) is 11.7. The van der Waals surface area contributed by atoms with Crippen molar-refractivity contribution in [2.45, 2.75) is 18.5 Å². The summed E-state index contributed by atoms with van der Waals surface area (Å²) in [5.41, 5.74) is 0.412. The molecule has 158 valence electrons. The summed E-state index contributed by atoms with van der Waals surface area (Å²) in [6, 6.07) is 12.6. The van der Waals surface area contributed by atoms with Gasteiger partial charge >= 0.3 is 6.18 Å². The Labute approximate surface area is 180 Å². The number of pyridine rings is 2. The van der Waals surface area contributed by atoms with Gasteiger partial charge in [0.1, 0.15) is 17.1 Å². The van der Waals surface area contributed by atoms with Crippen LogP contribution in [0.4, 0.5) is 17.6 Å². The monoisotopic (exact) mass is 446 g/mol. The minimum atomic E-state index is -4.56. The summed E-state index contributed by atoms with van der Waals surface area (Å²) in [5.74, 6) is -1.46. The third-order valence-corrected chi connectivity index (χ3v) is 5.40. The molecule has 0 aliphatic rings. The van der Waals surface area contributed by atoms with Crippen LogP contribution in [0.25, 0.3) is 10.9 Å². The average Bonchev–Trinajstić information content (AvgIpc) is 2.74. The molecule has 4 rings (SSSR count). The highest BCUT2D eigenvalue weighted by molar-refractivity contribution is 6.31. The average molecular weight is 447 g/mol. The summed E-state index contributed by atoms with van der Waals surface area (Å²) in [4.78, 5) is 8.21. The van der Waals surface area contributed by atoms with Gasteiger partial charge in [-0.15, -0.1) is 0 Å². The van der Waals surface area contributed by atoms with Crippen LogP contribution in [0.1, 0.15) is 28.3 Å². The zero-order valence-electron chi connectivity index (χ0n) is 15.9. The molecule has 0 aliphatic heterocycles. The summed E-state index contributed by atoms with van der Waals surface area (Å²) in [6.45, 7) is 0. The molecule has 0 saturated carbocycles. The van der Waals surface area contributed by atoms with Crippen LogP contribution in [0.5, 0.6) is 5.75 Å². The number of hydrogen-bond donors (Lipinski definition) is 1. The van der Waals surface area contributed by atoms with Crippen molar-refractivity contribution in [3.05, 3.63) is 100 Å². The van der Waals surface area contributed by atoms with Crippen LogP contribution >= 0.6 is 11.6 Å². The Kier molecular flexibility index (Phi) is 5.54. The van der Waals surface area contributed by atoms with Crippen LogP contribution in [0.15, 0.2) is 67.0 Å². The van der Waals surface area contributed by atoms with Crippen molar-refractivity contribution >= 4 is 22.5 Å². The third kappa shape index (κ3) is 4.32. The van der Waals surface area contributed by atoms with Gasteiger partial charge in [-0.3, -0.25) is 9.97 Å². The first-order valence-corrected chi connectivity index (χ1v) is 9.65. The molecule has 4 aromatic rings. The highest BCUT2D eigenvalue weighted by atomic mass is 35.5. The topological polar surface area (TPSA) is 46.0 Å². The van der Waals surface area contributed by atoms with E-state index in [-0.39, 0.29) is 22.8 Å². The fraction of sp³-hybridized carbons (Fsp3) is 0.130. The van der Waals surface area contributed by atoms with E-state index in [1.807, 2.05) is 0 Å². The molecule has 2 aromatic carbocycles. The van der Waals surface area contributed by atoms with Gasteiger partial charge in [0, 0.05) is 40.2 Å². The Hall–Kier alpha value is -3.19. The molecule has 0 radical (unpaired) electrons. The van der Waals surface area contributed by atoms with E-state index in [9.17, 15) is 22.7 Å². The van der Waals surface area contributed by atoms with Crippen LogP contribution < -0.4 is 0 Å². The summed E-state index contributed by atoms with van der Waals surface area (Å²) in [7, 11) is 0. The minimum absolute atomic E-state index is 0.0905. The first kappa shape index (κ1) is 21.1. The van der Waals surface area contributed by atoms with Crippen LogP contribution in [-0.2, 0) is 12.6 Å². The van der Waals surface area contributed by atoms with Gasteiger partial charge in [0.25, 0.3) is 0 Å². The second kappa shape index (κ2) is 8.15. The Bertz CT molecular complexity index is 1240. The van der Waals surface area contributed by atoms with Gasteiger partial charge < -0.3 is 5.11 Å². The zero-order chi connectivity index (χ0) is 22.2. The summed E-state index contributed by atoms with van der Waals surface area (Å²) in [6.07, 6.45) is -1.93. The molecule has 0 bridgehead atoms. The number of alkyl halides is 3. The molecule has 0 amide bonds. The van der Waals surface area contributed by atoms with E-state index >= 15 is 0 Å². The summed E-state index contributed by atoms with van der Waals surface area (Å²) < 4.78 is 53.4. The predicted molar refractivity (Wildman–Crippen MR) is 110 cm³/mol. The van der Waals surface area contributed by atoms with Crippen molar-refractivity contribution in [2.24, 2.45) is 0 Å². The molecule has 1 N–H and O–H groups in total. The quantitative estimate of drug-likeness (QED) is 0.363. The van der Waals surface area contributed by atoms with Gasteiger partial charge in [0.15, 0.2) is 0 Å². The molecule has 3 nitrogen and oxygen atoms in total. The lowest BCUT2D eigenvalue weighted by atomic mass is 9.85. The molecule has 8 heteroatoms. The first-order valence-electron chi connectivity index (χ1n) is 9.27. The molecular formula is C23H15ClF4N2O. The van der Waals surface area contributed by atoms with Crippen LogP contribution in [0.3, 0.4) is 0 Å². The number of halogens is 5. The first-order chi connectivity index (χ1) is 14.7. The lowest BCUT2D eigenvalue weighted by molar-refractivity contribution is -0.137. The molecule has 0 spiro atoms. The van der Waals surface area contributed by atoms with Gasteiger partial charge in [-0.1, -0.05) is 29.8 Å². The largest absolute Gasteiger partial charge is 0.505 e. The van der Waals surface area contributed by atoms with Crippen LogP contribution in [-0.4, -0.2) is 15.1 Å². The highest BCUT2D eigenvalue weighted by Gasteiger charge is 2.32. The van der Waals surface area contributed by atoms with E-state index in [2.05, 4.69) is 9.97 Å². The second-order valence-corrected chi connectivity index (χ2v) is 7.44. The zero-order valence-corrected chi connectivity index (χ0v) is 16.6. The van der Waals surface area contributed by atoms with E-state index in [1.54, 1.807) is 24.3 Å². The van der Waals surface area contributed by atoms with Crippen LogP contribution in [0.2, 0.25) is 5.02 Å². The maximum Gasteiger partial charge on any atom is 0.416 e. The fourth-order valence-corrected chi connectivity index (χ4v) is 3.79. The maximum absolute atomic E-state index is 13.4. The molecule has 0 fully saturated rings. The number of aromatic hydroxyl groups is 1. The Morgan fingerprint density at radius 2 is 1.77 bits per heavy atom. The lowest BCUT2D eigenvalue weighted by Crippen LogP contribution is -2.11. The van der Waals surface area contributed by atoms with E-state index in [0.717, 1.165) is 18.3 Å². The van der Waals surface area contributed by atoms with E-state index in [0.29, 0.717) is 22.2 Å². The summed E-state index contributed by atoms with van der Waals surface area (Å²) >= 11 is 6.31.